The Morgan fingerprint density at radius 1 is 1.37 bits per heavy atom. The summed E-state index contributed by atoms with van der Waals surface area (Å²) in [5.41, 5.74) is 2.03. The van der Waals surface area contributed by atoms with Crippen LogP contribution in [0.4, 0.5) is 5.69 Å². The van der Waals surface area contributed by atoms with Gasteiger partial charge in [-0.3, -0.25) is 0 Å². The normalized spacial score (nSPS) is 12.5. The molecule has 4 nitrogen and oxygen atoms in total. The van der Waals surface area contributed by atoms with E-state index < -0.39 is 5.97 Å². The van der Waals surface area contributed by atoms with Crippen LogP contribution < -0.4 is 5.32 Å². The second kappa shape index (κ2) is 7.14. The number of likely N-dealkylation sites (N-methyl/N-ethyl adjacent to an activating group) is 1. The molecule has 19 heavy (non-hydrogen) atoms. The Morgan fingerprint density at radius 2 is 2.00 bits per heavy atom. The Balaban J connectivity index is 2.84. The fourth-order valence-corrected chi connectivity index (χ4v) is 2.20. The lowest BCUT2D eigenvalue weighted by molar-refractivity contribution is 0.0698. The van der Waals surface area contributed by atoms with Gasteiger partial charge in [-0.1, -0.05) is 26.0 Å². The van der Waals surface area contributed by atoms with Crippen LogP contribution in [0.15, 0.2) is 18.2 Å². The Labute approximate surface area is 115 Å². The average molecular weight is 264 g/mol. The fraction of sp³-hybridized carbons (Fsp3) is 0.533. The summed E-state index contributed by atoms with van der Waals surface area (Å²) in [6.45, 7) is 11.2. The average Bonchev–Trinajstić information content (AvgIpc) is 2.38. The maximum Gasteiger partial charge on any atom is 0.337 e. The monoisotopic (exact) mass is 264 g/mol. The number of para-hydroxylation sites is 1. The number of anilines is 1. The Bertz CT molecular complexity index is 428. The summed E-state index contributed by atoms with van der Waals surface area (Å²) in [6.07, 6.45) is 0. The summed E-state index contributed by atoms with van der Waals surface area (Å²) in [5.74, 6) is -0.888. The molecule has 0 aliphatic rings. The van der Waals surface area contributed by atoms with E-state index in [1.807, 2.05) is 13.0 Å². The third-order valence-corrected chi connectivity index (χ3v) is 3.32. The highest BCUT2D eigenvalue weighted by Crippen LogP contribution is 2.21. The van der Waals surface area contributed by atoms with Gasteiger partial charge in [-0.2, -0.15) is 0 Å². The zero-order valence-electron chi connectivity index (χ0n) is 12.2. The first-order valence-electron chi connectivity index (χ1n) is 6.81. The van der Waals surface area contributed by atoms with Crippen molar-refractivity contribution in [3.05, 3.63) is 29.3 Å². The van der Waals surface area contributed by atoms with E-state index in [-0.39, 0.29) is 6.04 Å². The van der Waals surface area contributed by atoms with Gasteiger partial charge in [0.15, 0.2) is 0 Å². The van der Waals surface area contributed by atoms with Crippen LogP contribution in [-0.2, 0) is 0 Å². The number of nitrogens with zero attached hydrogens (tertiary/aromatic N) is 1. The maximum absolute atomic E-state index is 11.2. The molecule has 1 unspecified atom stereocenters. The molecule has 0 aliphatic heterocycles. The molecule has 0 aliphatic carbocycles. The van der Waals surface area contributed by atoms with Gasteiger partial charge in [0.1, 0.15) is 0 Å². The van der Waals surface area contributed by atoms with E-state index in [1.165, 1.54) is 0 Å². The van der Waals surface area contributed by atoms with E-state index in [0.29, 0.717) is 5.56 Å². The van der Waals surface area contributed by atoms with Gasteiger partial charge in [0, 0.05) is 12.6 Å². The molecule has 0 spiro atoms. The minimum Gasteiger partial charge on any atom is -0.478 e. The molecule has 0 fully saturated rings. The minimum absolute atomic E-state index is 0.207. The molecular formula is C15H24N2O2. The lowest BCUT2D eigenvalue weighted by Crippen LogP contribution is -2.35. The minimum atomic E-state index is -0.888. The topological polar surface area (TPSA) is 52.6 Å². The second-order valence-corrected chi connectivity index (χ2v) is 4.83. The summed E-state index contributed by atoms with van der Waals surface area (Å²) in [4.78, 5) is 13.6. The van der Waals surface area contributed by atoms with Crippen LogP contribution in [0.1, 0.15) is 36.7 Å². The number of carboxylic acids is 1. The van der Waals surface area contributed by atoms with Crippen LogP contribution >= 0.6 is 0 Å². The van der Waals surface area contributed by atoms with E-state index in [2.05, 4.69) is 31.0 Å². The van der Waals surface area contributed by atoms with Crippen molar-refractivity contribution < 1.29 is 9.90 Å². The molecule has 4 heteroatoms. The first kappa shape index (κ1) is 15.5. The SMILES string of the molecule is CCN(CC)CC(C)Nc1c(C)cccc1C(=O)O. The van der Waals surface area contributed by atoms with Crippen LogP contribution in [0.3, 0.4) is 0 Å². The van der Waals surface area contributed by atoms with Crippen molar-refractivity contribution >= 4 is 11.7 Å². The van der Waals surface area contributed by atoms with Crippen molar-refractivity contribution in [2.45, 2.75) is 33.7 Å². The fourth-order valence-electron chi connectivity index (χ4n) is 2.20. The summed E-state index contributed by atoms with van der Waals surface area (Å²) in [6, 6.07) is 5.55. The van der Waals surface area contributed by atoms with Gasteiger partial charge < -0.3 is 15.3 Å². The van der Waals surface area contributed by atoms with Gasteiger partial charge in [0.25, 0.3) is 0 Å². The molecule has 106 valence electrons. The van der Waals surface area contributed by atoms with Crippen molar-refractivity contribution in [2.75, 3.05) is 25.0 Å². The number of aromatic carboxylic acids is 1. The Kier molecular flexibility index (Phi) is 5.83. The third-order valence-electron chi connectivity index (χ3n) is 3.32. The Hall–Kier alpha value is -1.55. The maximum atomic E-state index is 11.2. The number of aryl methyl sites for hydroxylation is 1. The van der Waals surface area contributed by atoms with Crippen molar-refractivity contribution in [1.29, 1.82) is 0 Å². The number of hydrogen-bond acceptors (Lipinski definition) is 3. The summed E-state index contributed by atoms with van der Waals surface area (Å²) in [5, 5.41) is 12.6. The molecule has 0 saturated heterocycles. The predicted molar refractivity (Wildman–Crippen MR) is 79.0 cm³/mol. The largest absolute Gasteiger partial charge is 0.478 e. The molecule has 2 N–H and O–H groups in total. The highest BCUT2D eigenvalue weighted by Gasteiger charge is 2.14. The first-order chi connectivity index (χ1) is 8.99. The van der Waals surface area contributed by atoms with E-state index in [0.717, 1.165) is 30.9 Å². The molecule has 0 radical (unpaired) electrons. The molecule has 0 aromatic heterocycles. The number of rotatable bonds is 7. The molecule has 1 rings (SSSR count). The van der Waals surface area contributed by atoms with Crippen molar-refractivity contribution in [3.63, 3.8) is 0 Å². The van der Waals surface area contributed by atoms with E-state index in [1.54, 1.807) is 12.1 Å². The lowest BCUT2D eigenvalue weighted by Gasteiger charge is -2.25. The molecule has 1 aromatic carbocycles. The smallest absolute Gasteiger partial charge is 0.337 e. The van der Waals surface area contributed by atoms with E-state index in [4.69, 9.17) is 0 Å². The van der Waals surface area contributed by atoms with E-state index >= 15 is 0 Å². The van der Waals surface area contributed by atoms with Crippen LogP contribution in [0.25, 0.3) is 0 Å². The molecule has 0 bridgehead atoms. The number of benzene rings is 1. The number of hydrogen-bond donors (Lipinski definition) is 2. The molecular weight excluding hydrogens is 240 g/mol. The molecule has 0 heterocycles. The molecule has 0 amide bonds. The van der Waals surface area contributed by atoms with Gasteiger partial charge >= 0.3 is 5.97 Å². The standard InChI is InChI=1S/C15H24N2O2/c1-5-17(6-2)10-12(4)16-14-11(3)8-7-9-13(14)15(18)19/h7-9,12,16H,5-6,10H2,1-4H3,(H,18,19). The zero-order valence-corrected chi connectivity index (χ0v) is 12.2. The van der Waals surface area contributed by atoms with Crippen LogP contribution in [-0.4, -0.2) is 41.7 Å². The highest BCUT2D eigenvalue weighted by molar-refractivity contribution is 5.95. The molecule has 1 atom stereocenters. The summed E-state index contributed by atoms with van der Waals surface area (Å²) >= 11 is 0. The number of carbonyl (C=O) groups is 1. The summed E-state index contributed by atoms with van der Waals surface area (Å²) in [7, 11) is 0. The van der Waals surface area contributed by atoms with Gasteiger partial charge in [0.2, 0.25) is 0 Å². The number of nitrogens with one attached hydrogen (secondary N) is 1. The van der Waals surface area contributed by atoms with Crippen molar-refractivity contribution in [2.24, 2.45) is 0 Å². The second-order valence-electron chi connectivity index (χ2n) is 4.83. The van der Waals surface area contributed by atoms with Gasteiger partial charge in [-0.15, -0.1) is 0 Å². The van der Waals surface area contributed by atoms with Crippen LogP contribution in [0, 0.1) is 6.92 Å². The van der Waals surface area contributed by atoms with Gasteiger partial charge in [-0.25, -0.2) is 4.79 Å². The van der Waals surface area contributed by atoms with Crippen LogP contribution in [0.5, 0.6) is 0 Å². The van der Waals surface area contributed by atoms with E-state index in [9.17, 15) is 9.90 Å². The van der Waals surface area contributed by atoms with Crippen LogP contribution in [0.2, 0.25) is 0 Å². The molecule has 0 saturated carbocycles. The summed E-state index contributed by atoms with van der Waals surface area (Å²) < 4.78 is 0. The number of carboxylic acid groups (broad SMARTS) is 1. The highest BCUT2D eigenvalue weighted by atomic mass is 16.4. The third kappa shape index (κ3) is 4.24. The first-order valence-corrected chi connectivity index (χ1v) is 6.81. The van der Waals surface area contributed by atoms with Gasteiger partial charge in [-0.05, 0) is 38.6 Å². The quantitative estimate of drug-likeness (QED) is 0.795. The predicted octanol–water partition coefficient (Wildman–Crippen LogP) is 2.84. The van der Waals surface area contributed by atoms with Crippen molar-refractivity contribution in [3.8, 4) is 0 Å². The molecule has 1 aromatic rings. The lowest BCUT2D eigenvalue weighted by atomic mass is 10.1. The van der Waals surface area contributed by atoms with Crippen molar-refractivity contribution in [1.82, 2.24) is 4.90 Å². The Morgan fingerprint density at radius 3 is 2.53 bits per heavy atom. The zero-order chi connectivity index (χ0) is 14.4. The van der Waals surface area contributed by atoms with Gasteiger partial charge in [0.05, 0.1) is 11.3 Å².